The predicted molar refractivity (Wildman–Crippen MR) is 91.0 cm³/mol. The molecule has 5 nitrogen and oxygen atoms in total. The number of carbonyl (C=O) groups is 2. The zero-order chi connectivity index (χ0) is 16.8. The number of carbonyl (C=O) groups excluding carboxylic acids is 2. The van der Waals surface area contributed by atoms with Crippen molar-refractivity contribution in [3.8, 4) is 0 Å². The fraction of sp³-hybridized carbons (Fsp3) is 0.263. The van der Waals surface area contributed by atoms with E-state index < -0.39 is 5.91 Å². The molecule has 0 atom stereocenters. The third kappa shape index (κ3) is 3.93. The summed E-state index contributed by atoms with van der Waals surface area (Å²) in [6, 6.07) is 12.7. The lowest BCUT2D eigenvalue weighted by Crippen LogP contribution is -2.41. The smallest absolute Gasteiger partial charge is 0.291 e. The van der Waals surface area contributed by atoms with Crippen LogP contribution in [0.15, 0.2) is 58.8 Å². The number of rotatable bonds is 4. The van der Waals surface area contributed by atoms with Crippen molar-refractivity contribution in [3.63, 3.8) is 0 Å². The van der Waals surface area contributed by atoms with Crippen LogP contribution in [0.2, 0.25) is 0 Å². The Morgan fingerprint density at radius 1 is 1.00 bits per heavy atom. The summed E-state index contributed by atoms with van der Waals surface area (Å²) in [4.78, 5) is 26.9. The van der Waals surface area contributed by atoms with Gasteiger partial charge in [0.05, 0.1) is 6.26 Å². The Kier molecular flexibility index (Phi) is 5.11. The molecule has 0 unspecified atom stereocenters. The molecular formula is C19H20N2O3. The molecule has 1 fully saturated rings. The monoisotopic (exact) mass is 324 g/mol. The Bertz CT molecular complexity index is 714. The van der Waals surface area contributed by atoms with Gasteiger partial charge in [0.1, 0.15) is 5.70 Å². The summed E-state index contributed by atoms with van der Waals surface area (Å²) in [5.41, 5.74) is 1.13. The first-order valence-electron chi connectivity index (χ1n) is 8.15. The average Bonchev–Trinajstić information content (AvgIpc) is 3.17. The lowest BCUT2D eigenvalue weighted by molar-refractivity contribution is -0.128. The normalized spacial score (nSPS) is 15.2. The number of piperidine rings is 1. The first-order valence-corrected chi connectivity index (χ1v) is 8.15. The maximum absolute atomic E-state index is 12.8. The summed E-state index contributed by atoms with van der Waals surface area (Å²) in [6.45, 7) is 1.45. The van der Waals surface area contributed by atoms with Crippen LogP contribution in [-0.2, 0) is 4.79 Å². The number of nitrogens with one attached hydrogen (secondary N) is 1. The van der Waals surface area contributed by atoms with Gasteiger partial charge < -0.3 is 14.6 Å². The highest BCUT2D eigenvalue weighted by molar-refractivity contribution is 6.04. The van der Waals surface area contributed by atoms with Gasteiger partial charge in [0.2, 0.25) is 0 Å². The van der Waals surface area contributed by atoms with Gasteiger partial charge in [-0.05, 0) is 43.0 Å². The summed E-state index contributed by atoms with van der Waals surface area (Å²) in [7, 11) is 0. The first kappa shape index (κ1) is 16.1. The van der Waals surface area contributed by atoms with Crippen LogP contribution >= 0.6 is 0 Å². The van der Waals surface area contributed by atoms with Gasteiger partial charge in [-0.2, -0.15) is 0 Å². The average molecular weight is 324 g/mol. The Morgan fingerprint density at radius 3 is 2.42 bits per heavy atom. The minimum absolute atomic E-state index is 0.154. The van der Waals surface area contributed by atoms with E-state index in [9.17, 15) is 9.59 Å². The van der Waals surface area contributed by atoms with Crippen LogP contribution in [0.1, 0.15) is 35.4 Å². The highest BCUT2D eigenvalue weighted by atomic mass is 16.3. The van der Waals surface area contributed by atoms with Crippen molar-refractivity contribution in [3.05, 3.63) is 65.7 Å². The molecule has 2 aromatic rings. The molecule has 2 amide bonds. The molecule has 0 spiro atoms. The van der Waals surface area contributed by atoms with Gasteiger partial charge in [-0.3, -0.25) is 9.59 Å². The van der Waals surface area contributed by atoms with Crippen LogP contribution in [0.5, 0.6) is 0 Å². The van der Waals surface area contributed by atoms with Crippen LogP contribution in [0.3, 0.4) is 0 Å². The van der Waals surface area contributed by atoms with E-state index in [2.05, 4.69) is 5.32 Å². The molecule has 1 aliphatic heterocycles. The SMILES string of the molecule is O=C(N/C(=C/c1ccccc1)C(=O)N1CCCCC1)c1ccco1. The molecule has 1 N–H and O–H groups in total. The molecule has 1 saturated heterocycles. The van der Waals surface area contributed by atoms with Crippen LogP contribution in [0, 0.1) is 0 Å². The predicted octanol–water partition coefficient (Wildman–Crippen LogP) is 3.06. The van der Waals surface area contributed by atoms with Gasteiger partial charge in [-0.25, -0.2) is 0 Å². The first-order chi connectivity index (χ1) is 11.7. The molecule has 1 aromatic heterocycles. The Morgan fingerprint density at radius 2 is 1.75 bits per heavy atom. The second-order valence-corrected chi connectivity index (χ2v) is 5.75. The number of furan rings is 1. The lowest BCUT2D eigenvalue weighted by Gasteiger charge is -2.27. The van der Waals surface area contributed by atoms with E-state index in [4.69, 9.17) is 4.42 Å². The van der Waals surface area contributed by atoms with Gasteiger partial charge >= 0.3 is 0 Å². The zero-order valence-electron chi connectivity index (χ0n) is 13.4. The molecule has 0 bridgehead atoms. The zero-order valence-corrected chi connectivity index (χ0v) is 13.4. The topological polar surface area (TPSA) is 62.6 Å². The molecule has 0 saturated carbocycles. The summed E-state index contributed by atoms with van der Waals surface area (Å²) < 4.78 is 5.11. The van der Waals surface area contributed by atoms with Gasteiger partial charge in [0, 0.05) is 13.1 Å². The fourth-order valence-corrected chi connectivity index (χ4v) is 2.73. The minimum atomic E-state index is -0.424. The van der Waals surface area contributed by atoms with Crippen molar-refractivity contribution in [2.24, 2.45) is 0 Å². The molecule has 0 radical (unpaired) electrons. The highest BCUT2D eigenvalue weighted by Gasteiger charge is 2.23. The molecule has 124 valence electrons. The van der Waals surface area contributed by atoms with Crippen LogP contribution in [0.4, 0.5) is 0 Å². The molecule has 0 aliphatic carbocycles. The van der Waals surface area contributed by atoms with Gasteiger partial charge in [0.25, 0.3) is 11.8 Å². The standard InChI is InChI=1S/C19H20N2O3/c22-18(17-10-7-13-24-17)20-16(14-15-8-3-1-4-9-15)19(23)21-11-5-2-6-12-21/h1,3-4,7-10,13-14H,2,5-6,11-12H2,(H,20,22)/b16-14+. The van der Waals surface area contributed by atoms with E-state index in [1.165, 1.54) is 6.26 Å². The summed E-state index contributed by atoms with van der Waals surface area (Å²) in [5.74, 6) is -0.397. The maximum Gasteiger partial charge on any atom is 0.291 e. The Hall–Kier alpha value is -2.82. The van der Waals surface area contributed by atoms with E-state index >= 15 is 0 Å². The largest absolute Gasteiger partial charge is 0.459 e. The van der Waals surface area contributed by atoms with Crippen molar-refractivity contribution in [2.45, 2.75) is 19.3 Å². The summed E-state index contributed by atoms with van der Waals surface area (Å²) in [5, 5.41) is 2.70. The second kappa shape index (κ2) is 7.64. The van der Waals surface area contributed by atoms with E-state index in [0.29, 0.717) is 0 Å². The van der Waals surface area contributed by atoms with Crippen molar-refractivity contribution in [1.82, 2.24) is 10.2 Å². The van der Waals surface area contributed by atoms with Crippen molar-refractivity contribution >= 4 is 17.9 Å². The Labute approximate surface area is 141 Å². The molecule has 1 aromatic carbocycles. The van der Waals surface area contributed by atoms with Gasteiger partial charge in [-0.15, -0.1) is 0 Å². The number of likely N-dealkylation sites (tertiary alicyclic amines) is 1. The van der Waals surface area contributed by atoms with Crippen molar-refractivity contribution in [1.29, 1.82) is 0 Å². The molecule has 1 aliphatic rings. The van der Waals surface area contributed by atoms with E-state index in [0.717, 1.165) is 37.9 Å². The number of hydrogen-bond donors (Lipinski definition) is 1. The van der Waals surface area contributed by atoms with Crippen LogP contribution in [-0.4, -0.2) is 29.8 Å². The summed E-state index contributed by atoms with van der Waals surface area (Å²) in [6.07, 6.45) is 6.27. The van der Waals surface area contributed by atoms with E-state index in [1.807, 2.05) is 30.3 Å². The van der Waals surface area contributed by atoms with Crippen molar-refractivity contribution < 1.29 is 14.0 Å². The van der Waals surface area contributed by atoms with Gasteiger partial charge in [0.15, 0.2) is 5.76 Å². The highest BCUT2D eigenvalue weighted by Crippen LogP contribution is 2.14. The maximum atomic E-state index is 12.8. The van der Waals surface area contributed by atoms with Crippen molar-refractivity contribution in [2.75, 3.05) is 13.1 Å². The van der Waals surface area contributed by atoms with E-state index in [1.54, 1.807) is 23.1 Å². The number of hydrogen-bond acceptors (Lipinski definition) is 3. The third-order valence-corrected chi connectivity index (χ3v) is 3.98. The number of amides is 2. The number of nitrogens with zero attached hydrogens (tertiary/aromatic N) is 1. The van der Waals surface area contributed by atoms with Crippen LogP contribution in [0.25, 0.3) is 6.08 Å². The molecule has 2 heterocycles. The summed E-state index contributed by atoms with van der Waals surface area (Å²) >= 11 is 0. The molecule has 3 rings (SSSR count). The fourth-order valence-electron chi connectivity index (χ4n) is 2.73. The molecule has 5 heteroatoms. The van der Waals surface area contributed by atoms with Gasteiger partial charge in [-0.1, -0.05) is 30.3 Å². The third-order valence-electron chi connectivity index (χ3n) is 3.98. The molecule has 24 heavy (non-hydrogen) atoms. The number of benzene rings is 1. The quantitative estimate of drug-likeness (QED) is 0.879. The lowest BCUT2D eigenvalue weighted by atomic mass is 10.1. The Balaban J connectivity index is 1.84. The van der Waals surface area contributed by atoms with Crippen LogP contribution < -0.4 is 5.32 Å². The molecular weight excluding hydrogens is 304 g/mol. The minimum Gasteiger partial charge on any atom is -0.459 e. The van der Waals surface area contributed by atoms with E-state index in [-0.39, 0.29) is 17.4 Å². The second-order valence-electron chi connectivity index (χ2n) is 5.75.